The van der Waals surface area contributed by atoms with E-state index in [-0.39, 0.29) is 18.9 Å². The van der Waals surface area contributed by atoms with E-state index in [4.69, 9.17) is 18.9 Å². The second kappa shape index (κ2) is 45.8. The summed E-state index contributed by atoms with van der Waals surface area (Å²) in [5.41, 5.74) is 0. The quantitative estimate of drug-likeness (QED) is 0.0206. The second-order valence-corrected chi connectivity index (χ2v) is 19.0. The molecule has 0 aliphatic carbocycles. The number of allylic oxidation sites excluding steroid dienone is 23. The predicted molar refractivity (Wildman–Crippen MR) is 304 cm³/mol. The van der Waals surface area contributed by atoms with E-state index in [1.165, 1.54) is 0 Å². The fraction of sp³-hybridized carbons (Fsp3) is 0.597. The lowest BCUT2D eigenvalue weighted by Gasteiger charge is -2.46. The highest BCUT2D eigenvalue weighted by atomic mass is 16.7. The van der Waals surface area contributed by atoms with Gasteiger partial charge in [-0.05, 0) is 103 Å². The fourth-order valence-electron chi connectivity index (χ4n) is 7.99. The number of carbonyl (C=O) groups is 1. The van der Waals surface area contributed by atoms with Crippen LogP contribution in [-0.2, 0) is 23.7 Å². The molecule has 0 aromatic carbocycles. The van der Waals surface area contributed by atoms with Crippen molar-refractivity contribution in [2.45, 2.75) is 216 Å². The van der Waals surface area contributed by atoms with Crippen LogP contribution in [-0.4, -0.2) is 140 Å². The van der Waals surface area contributed by atoms with Crippen LogP contribution in [0.1, 0.15) is 142 Å². The van der Waals surface area contributed by atoms with Crippen molar-refractivity contribution < 1.29 is 64.6 Å². The lowest BCUT2D eigenvalue weighted by molar-refractivity contribution is -0.359. The minimum absolute atomic E-state index is 0.232. The monoisotopic (exact) mass is 1060 g/mol. The van der Waals surface area contributed by atoms with Crippen LogP contribution in [0, 0.1) is 0 Å². The van der Waals surface area contributed by atoms with Crippen molar-refractivity contribution >= 4 is 5.91 Å². The van der Waals surface area contributed by atoms with Crippen LogP contribution < -0.4 is 5.32 Å². The van der Waals surface area contributed by atoms with E-state index in [0.29, 0.717) is 12.8 Å². The molecule has 76 heavy (non-hydrogen) atoms. The summed E-state index contributed by atoms with van der Waals surface area (Å²) in [6.07, 6.45) is 52.3. The minimum Gasteiger partial charge on any atom is -0.394 e. The van der Waals surface area contributed by atoms with E-state index < -0.39 is 86.8 Å². The van der Waals surface area contributed by atoms with Gasteiger partial charge in [0, 0.05) is 6.42 Å². The fourth-order valence-corrected chi connectivity index (χ4v) is 7.99. The smallest absolute Gasteiger partial charge is 0.220 e. The lowest BCUT2D eigenvalue weighted by atomic mass is 9.97. The van der Waals surface area contributed by atoms with Gasteiger partial charge in [-0.15, -0.1) is 0 Å². The zero-order valence-electron chi connectivity index (χ0n) is 45.7. The summed E-state index contributed by atoms with van der Waals surface area (Å²) >= 11 is 0. The van der Waals surface area contributed by atoms with Gasteiger partial charge in [0.25, 0.3) is 0 Å². The molecule has 2 rings (SSSR count). The van der Waals surface area contributed by atoms with Gasteiger partial charge in [-0.25, -0.2) is 0 Å². The number of unbranched alkanes of at least 4 members (excludes halogenated alkanes) is 6. The van der Waals surface area contributed by atoms with Crippen molar-refractivity contribution in [2.75, 3.05) is 19.8 Å². The molecule has 0 spiro atoms. The highest BCUT2D eigenvalue weighted by Crippen LogP contribution is 2.30. The molecule has 14 nitrogen and oxygen atoms in total. The topological polar surface area (TPSA) is 228 Å². The number of ether oxygens (including phenoxy) is 4. The molecule has 12 atom stereocenters. The molecule has 0 bridgehead atoms. The van der Waals surface area contributed by atoms with Gasteiger partial charge < -0.3 is 65.1 Å². The minimum atomic E-state index is -1.80. The molecule has 14 heteroatoms. The zero-order chi connectivity index (χ0) is 55.3. The maximum Gasteiger partial charge on any atom is 0.220 e. The van der Waals surface area contributed by atoms with Crippen molar-refractivity contribution in [1.82, 2.24) is 5.32 Å². The van der Waals surface area contributed by atoms with Gasteiger partial charge in [-0.2, -0.15) is 0 Å². The van der Waals surface area contributed by atoms with Crippen LogP contribution in [0.4, 0.5) is 0 Å². The van der Waals surface area contributed by atoms with Crippen molar-refractivity contribution in [2.24, 2.45) is 0 Å². The number of aliphatic hydroxyl groups excluding tert-OH is 8. The van der Waals surface area contributed by atoms with Crippen LogP contribution in [0.3, 0.4) is 0 Å². The first-order valence-electron chi connectivity index (χ1n) is 28.1. The van der Waals surface area contributed by atoms with Gasteiger partial charge in [-0.1, -0.05) is 179 Å². The van der Waals surface area contributed by atoms with E-state index in [2.05, 4.69) is 153 Å². The Hall–Kier alpha value is -4.13. The highest BCUT2D eigenvalue weighted by molar-refractivity contribution is 5.76. The Balaban J connectivity index is 1.66. The Labute approximate surface area is 455 Å². The van der Waals surface area contributed by atoms with Gasteiger partial charge in [0.2, 0.25) is 5.91 Å². The highest BCUT2D eigenvalue weighted by Gasteiger charge is 2.51. The Morgan fingerprint density at radius 2 is 0.921 bits per heavy atom. The van der Waals surface area contributed by atoms with Crippen LogP contribution in [0.15, 0.2) is 146 Å². The van der Waals surface area contributed by atoms with Crippen molar-refractivity contribution in [3.8, 4) is 0 Å². The van der Waals surface area contributed by atoms with E-state index in [0.717, 1.165) is 109 Å². The van der Waals surface area contributed by atoms with Crippen molar-refractivity contribution in [3.63, 3.8) is 0 Å². The first kappa shape index (κ1) is 68.0. The summed E-state index contributed by atoms with van der Waals surface area (Å²) in [6.45, 7) is 2.48. The molecule has 428 valence electrons. The summed E-state index contributed by atoms with van der Waals surface area (Å²) in [5.74, 6) is -0.287. The summed E-state index contributed by atoms with van der Waals surface area (Å²) < 4.78 is 22.6. The van der Waals surface area contributed by atoms with Gasteiger partial charge in [0.1, 0.15) is 48.8 Å². The molecule has 1 amide bonds. The predicted octanol–water partition coefficient (Wildman–Crippen LogP) is 8.99. The third kappa shape index (κ3) is 31.3. The van der Waals surface area contributed by atoms with Gasteiger partial charge >= 0.3 is 0 Å². The molecule has 2 saturated heterocycles. The maximum atomic E-state index is 13.1. The number of aliphatic hydroxyl groups is 8. The Morgan fingerprint density at radius 1 is 0.487 bits per heavy atom. The molecular weight excluding hydrogens is 967 g/mol. The SMILES string of the molecule is CC/C=C\C/C=C\C/C=C\C/C=C\C/C=C\C/C=C\C/C=C\C/C=C\C/C=C\C/C=C\CCCCCCC(=O)NC(COC1OC(CO)C(OC2OC(CO)C(O)C(O)C2O)C(O)C1O)C(O)/C=C/CC/C=C/CCC. The summed E-state index contributed by atoms with van der Waals surface area (Å²) in [6, 6.07) is -0.953. The molecule has 0 radical (unpaired) electrons. The molecule has 12 unspecified atom stereocenters. The largest absolute Gasteiger partial charge is 0.394 e. The summed E-state index contributed by atoms with van der Waals surface area (Å²) in [4.78, 5) is 13.1. The maximum absolute atomic E-state index is 13.1. The zero-order valence-corrected chi connectivity index (χ0v) is 45.7. The Morgan fingerprint density at radius 3 is 1.42 bits per heavy atom. The normalized spacial score (nSPS) is 26.0. The molecule has 0 saturated carbocycles. The molecule has 0 aromatic rings. The first-order valence-corrected chi connectivity index (χ1v) is 28.1. The van der Waals surface area contributed by atoms with E-state index >= 15 is 0 Å². The third-order valence-electron chi connectivity index (χ3n) is 12.5. The Kier molecular flexibility index (Phi) is 41.0. The number of amides is 1. The Bertz CT molecular complexity index is 1830. The average Bonchev–Trinajstić information content (AvgIpc) is 3.42. The number of carbonyl (C=O) groups excluding carboxylic acids is 1. The van der Waals surface area contributed by atoms with Crippen molar-refractivity contribution in [1.29, 1.82) is 0 Å². The van der Waals surface area contributed by atoms with Gasteiger partial charge in [-0.3, -0.25) is 4.79 Å². The molecular formula is C62H97NO13. The number of hydrogen-bond acceptors (Lipinski definition) is 13. The molecule has 9 N–H and O–H groups in total. The first-order chi connectivity index (χ1) is 37.1. The van der Waals surface area contributed by atoms with Crippen LogP contribution in [0.2, 0.25) is 0 Å². The van der Waals surface area contributed by atoms with Crippen LogP contribution >= 0.6 is 0 Å². The molecule has 0 aromatic heterocycles. The van der Waals surface area contributed by atoms with E-state index in [1.54, 1.807) is 6.08 Å². The average molecular weight is 1060 g/mol. The van der Waals surface area contributed by atoms with Gasteiger partial charge in [0.15, 0.2) is 12.6 Å². The summed E-state index contributed by atoms with van der Waals surface area (Å²) in [5, 5.41) is 86.4. The van der Waals surface area contributed by atoms with Crippen LogP contribution in [0.25, 0.3) is 0 Å². The standard InChI is InChI=1S/C62H97NO13/c1-3-5-7-9-11-12-13-14-15-16-17-18-19-20-21-22-23-24-25-26-27-28-29-30-31-32-33-34-35-36-37-38-40-42-44-46-54(67)63-50(51(66)45-43-41-39-10-8-6-4-2)49-73-61-59(72)57(70)60(53(48-65)75-61)76-62-58(71)56(69)55(68)52(47-64)74-62/h5,7-8,10-12,14-15,17-18,20-21,23-24,26-27,29-30,32-33,35-36,43,45,50-53,55-62,64-66,68-72H,3-4,6,9,13,16,19,22,25,28,31,34,37-42,44,46-49H2,1-2H3,(H,63,67)/b7-5-,10-8+,12-11-,15-14-,18-17-,21-20-,24-23-,27-26-,30-29-,33-32-,36-35-,45-43+. The second-order valence-electron chi connectivity index (χ2n) is 19.0. The van der Waals surface area contributed by atoms with E-state index in [1.807, 2.05) is 6.08 Å². The van der Waals surface area contributed by atoms with Crippen molar-refractivity contribution in [3.05, 3.63) is 146 Å². The summed E-state index contributed by atoms with van der Waals surface area (Å²) in [7, 11) is 0. The molecule has 2 aliphatic heterocycles. The van der Waals surface area contributed by atoms with Gasteiger partial charge in [0.05, 0.1) is 32.0 Å². The number of hydrogen-bond donors (Lipinski definition) is 9. The number of nitrogens with one attached hydrogen (secondary N) is 1. The molecule has 2 fully saturated rings. The molecule has 2 aliphatic rings. The lowest BCUT2D eigenvalue weighted by Crippen LogP contribution is -2.65. The number of rotatable bonds is 41. The molecule has 2 heterocycles. The third-order valence-corrected chi connectivity index (χ3v) is 12.5. The van der Waals surface area contributed by atoms with Crippen LogP contribution in [0.5, 0.6) is 0 Å². The van der Waals surface area contributed by atoms with E-state index in [9.17, 15) is 45.6 Å².